The van der Waals surface area contributed by atoms with Gasteiger partial charge in [-0.15, -0.1) is 0 Å². The summed E-state index contributed by atoms with van der Waals surface area (Å²) in [5.41, 5.74) is 3.08. The van der Waals surface area contributed by atoms with Gasteiger partial charge in [0.15, 0.2) is 5.65 Å². The molecule has 3 aromatic heterocycles. The fourth-order valence-electron chi connectivity index (χ4n) is 3.58. The Labute approximate surface area is 199 Å². The van der Waals surface area contributed by atoms with Crippen molar-refractivity contribution in [2.45, 2.75) is 31.7 Å². The molecule has 1 aromatic carbocycles. The number of fused-ring (bicyclic) bond motifs is 1. The molecule has 4 heterocycles. The highest BCUT2D eigenvalue weighted by Gasteiger charge is 2.31. The topological polar surface area (TPSA) is 131 Å². The Morgan fingerprint density at radius 1 is 1.26 bits per heavy atom. The Morgan fingerprint density at radius 3 is 2.79 bits per heavy atom. The van der Waals surface area contributed by atoms with Crippen LogP contribution in [0, 0.1) is 18.8 Å². The van der Waals surface area contributed by atoms with Gasteiger partial charge >= 0.3 is 0 Å². The third kappa shape index (κ3) is 4.73. The molecule has 0 spiro atoms. The molecule has 0 saturated carbocycles. The molecule has 0 bridgehead atoms. The van der Waals surface area contributed by atoms with E-state index in [1.165, 1.54) is 0 Å². The van der Waals surface area contributed by atoms with Crippen LogP contribution in [0.5, 0.6) is 6.01 Å². The summed E-state index contributed by atoms with van der Waals surface area (Å²) < 4.78 is 12.9. The number of hydrogen-bond donors (Lipinski definition) is 3. The number of imidazole rings is 1. The second kappa shape index (κ2) is 9.40. The molecule has 0 amide bonds. The average Bonchev–Trinajstić information content (AvgIpc) is 3.43. The lowest BCUT2D eigenvalue weighted by atomic mass is 10.0. The van der Waals surface area contributed by atoms with Crippen LogP contribution in [-0.2, 0) is 4.74 Å². The maximum absolute atomic E-state index is 10.0. The van der Waals surface area contributed by atoms with Crippen molar-refractivity contribution in [3.05, 3.63) is 58.8 Å². The Morgan fingerprint density at radius 2 is 2.09 bits per heavy atom. The number of nitrogens with one attached hydrogen (secondary N) is 1. The lowest BCUT2D eigenvalue weighted by molar-refractivity contribution is -0.131. The summed E-state index contributed by atoms with van der Waals surface area (Å²) in [6.07, 6.45) is 0.170. The fourth-order valence-corrected chi connectivity index (χ4v) is 3.78. The Kier molecular flexibility index (Phi) is 6.17. The number of pyridine rings is 1. The van der Waals surface area contributed by atoms with Gasteiger partial charge in [-0.1, -0.05) is 17.5 Å². The number of hydrogen-bond acceptors (Lipinski definition) is 8. The second-order valence-corrected chi connectivity index (χ2v) is 8.27. The molecular formula is C23H21ClN6O4. The SMILES string of the molecule is Cc1ncn(-c2ccc(C#Cc3nc4nc(OC5CO[C@H](CO)[C@@H](O)C5)[nH]c4cc3Cl)cc2)n1. The largest absolute Gasteiger partial charge is 0.459 e. The second-order valence-electron chi connectivity index (χ2n) is 7.86. The maximum Gasteiger partial charge on any atom is 0.296 e. The van der Waals surface area contributed by atoms with Crippen LogP contribution in [0.3, 0.4) is 0 Å². The van der Waals surface area contributed by atoms with Crippen LogP contribution in [0.1, 0.15) is 23.5 Å². The summed E-state index contributed by atoms with van der Waals surface area (Å²) in [4.78, 5) is 16.0. The van der Waals surface area contributed by atoms with Gasteiger partial charge in [0.25, 0.3) is 6.01 Å². The van der Waals surface area contributed by atoms with Crippen molar-refractivity contribution in [2.24, 2.45) is 0 Å². The highest BCUT2D eigenvalue weighted by molar-refractivity contribution is 6.32. The summed E-state index contributed by atoms with van der Waals surface area (Å²) in [5, 5.41) is 23.9. The number of aryl methyl sites for hydroxylation is 1. The number of aliphatic hydroxyl groups is 2. The van der Waals surface area contributed by atoms with Gasteiger partial charge in [-0.05, 0) is 43.2 Å². The molecule has 11 heteroatoms. The number of H-pyrrole nitrogens is 1. The highest BCUT2D eigenvalue weighted by atomic mass is 35.5. The van der Waals surface area contributed by atoms with Crippen LogP contribution in [0.25, 0.3) is 16.9 Å². The van der Waals surface area contributed by atoms with E-state index in [9.17, 15) is 10.2 Å². The molecule has 3 atom stereocenters. The van der Waals surface area contributed by atoms with Crippen LogP contribution in [0.15, 0.2) is 36.7 Å². The van der Waals surface area contributed by atoms with Crippen molar-refractivity contribution in [3.63, 3.8) is 0 Å². The molecule has 3 N–H and O–H groups in total. The molecule has 1 aliphatic rings. The summed E-state index contributed by atoms with van der Waals surface area (Å²) >= 11 is 6.38. The molecule has 1 aliphatic heterocycles. The molecule has 4 aromatic rings. The van der Waals surface area contributed by atoms with Crippen LogP contribution < -0.4 is 4.74 Å². The first kappa shape index (κ1) is 22.3. The van der Waals surface area contributed by atoms with Crippen LogP contribution >= 0.6 is 11.6 Å². The van der Waals surface area contributed by atoms with Crippen molar-refractivity contribution in [3.8, 4) is 23.5 Å². The molecule has 1 saturated heterocycles. The van der Waals surface area contributed by atoms with Crippen LogP contribution in [0.4, 0.5) is 0 Å². The van der Waals surface area contributed by atoms with E-state index in [-0.39, 0.29) is 19.2 Å². The lowest BCUT2D eigenvalue weighted by Crippen LogP contribution is -2.45. The zero-order valence-corrected chi connectivity index (χ0v) is 18.9. The van der Waals surface area contributed by atoms with E-state index in [0.717, 1.165) is 11.3 Å². The minimum atomic E-state index is -0.808. The maximum atomic E-state index is 10.0. The minimum Gasteiger partial charge on any atom is -0.459 e. The number of aromatic amines is 1. The van der Waals surface area contributed by atoms with Crippen molar-refractivity contribution in [1.82, 2.24) is 29.7 Å². The summed E-state index contributed by atoms with van der Waals surface area (Å²) in [7, 11) is 0. The number of rotatable bonds is 4. The summed E-state index contributed by atoms with van der Waals surface area (Å²) in [6, 6.07) is 9.51. The van der Waals surface area contributed by atoms with Crippen molar-refractivity contribution in [1.29, 1.82) is 0 Å². The first-order chi connectivity index (χ1) is 16.5. The quantitative estimate of drug-likeness (QED) is 0.377. The Balaban J connectivity index is 1.31. The first-order valence-electron chi connectivity index (χ1n) is 10.6. The molecule has 174 valence electrons. The van der Waals surface area contributed by atoms with Crippen LogP contribution in [0.2, 0.25) is 5.02 Å². The fraction of sp³-hybridized carbons (Fsp3) is 0.304. The van der Waals surface area contributed by atoms with Gasteiger partial charge in [-0.2, -0.15) is 10.1 Å². The number of benzene rings is 1. The smallest absolute Gasteiger partial charge is 0.296 e. The monoisotopic (exact) mass is 480 g/mol. The van der Waals surface area contributed by atoms with E-state index < -0.39 is 18.3 Å². The van der Waals surface area contributed by atoms with Gasteiger partial charge in [0, 0.05) is 12.0 Å². The molecule has 0 aliphatic carbocycles. The summed E-state index contributed by atoms with van der Waals surface area (Å²) in [5.74, 6) is 6.76. The standard InChI is InChI=1S/C23H21ClN6O4/c1-13-25-12-30(29-13)15-5-2-14(3-6-15)4-7-18-17(24)9-19-22(26-18)28-23(27-19)34-16-8-20(32)21(10-31)33-11-16/h2-3,5-6,9,12,16,20-21,31-32H,8,10-11H2,1H3,(H,26,27,28)/t16?,20-,21+/m0/s1. The molecule has 1 unspecified atom stereocenters. The highest BCUT2D eigenvalue weighted by Crippen LogP contribution is 2.24. The number of halogens is 1. The Bertz CT molecular complexity index is 1370. The zero-order valence-electron chi connectivity index (χ0n) is 18.1. The zero-order chi connectivity index (χ0) is 23.7. The Hall–Kier alpha value is -3.49. The van der Waals surface area contributed by atoms with E-state index in [1.54, 1.807) is 17.1 Å². The van der Waals surface area contributed by atoms with Crippen LogP contribution in [-0.4, -0.2) is 71.5 Å². The number of nitrogens with zero attached hydrogens (tertiary/aromatic N) is 5. The molecule has 34 heavy (non-hydrogen) atoms. The predicted molar refractivity (Wildman–Crippen MR) is 123 cm³/mol. The van der Waals surface area contributed by atoms with Gasteiger partial charge in [-0.3, -0.25) is 0 Å². The normalized spacial score (nSPS) is 20.2. The average molecular weight is 481 g/mol. The van der Waals surface area contributed by atoms with E-state index in [1.807, 2.05) is 31.2 Å². The molecule has 1 fully saturated rings. The van der Waals surface area contributed by atoms with Gasteiger partial charge in [0.1, 0.15) is 30.1 Å². The van der Waals surface area contributed by atoms with Crippen molar-refractivity contribution >= 4 is 22.8 Å². The third-order valence-electron chi connectivity index (χ3n) is 5.36. The first-order valence-corrected chi connectivity index (χ1v) is 11.0. The molecule has 10 nitrogen and oxygen atoms in total. The van der Waals surface area contributed by atoms with Gasteiger partial charge < -0.3 is 24.7 Å². The predicted octanol–water partition coefficient (Wildman–Crippen LogP) is 1.79. The van der Waals surface area contributed by atoms with Gasteiger partial charge in [0.05, 0.1) is 35.5 Å². The number of ether oxygens (including phenoxy) is 2. The number of aromatic nitrogens is 6. The minimum absolute atomic E-state index is 0.236. The molecule has 0 radical (unpaired) electrons. The van der Waals surface area contributed by atoms with E-state index in [2.05, 4.69) is 36.9 Å². The van der Waals surface area contributed by atoms with Crippen molar-refractivity contribution < 1.29 is 19.7 Å². The third-order valence-corrected chi connectivity index (χ3v) is 5.64. The van der Waals surface area contributed by atoms with Gasteiger partial charge in [-0.25, -0.2) is 14.6 Å². The lowest BCUT2D eigenvalue weighted by Gasteiger charge is -2.31. The van der Waals surface area contributed by atoms with E-state index >= 15 is 0 Å². The summed E-state index contributed by atoms with van der Waals surface area (Å²) in [6.45, 7) is 1.83. The number of aliphatic hydroxyl groups excluding tert-OH is 2. The van der Waals surface area contributed by atoms with Gasteiger partial charge in [0.2, 0.25) is 0 Å². The van der Waals surface area contributed by atoms with Crippen molar-refractivity contribution in [2.75, 3.05) is 13.2 Å². The molecular weight excluding hydrogens is 460 g/mol. The van der Waals surface area contributed by atoms with E-state index in [0.29, 0.717) is 34.1 Å². The van der Waals surface area contributed by atoms with E-state index in [4.69, 9.17) is 21.1 Å². The molecule has 5 rings (SSSR count).